The van der Waals surface area contributed by atoms with Crippen LogP contribution in [-0.4, -0.2) is 38.6 Å². The Balaban J connectivity index is 1.95. The highest BCUT2D eigenvalue weighted by molar-refractivity contribution is 5.94. The minimum absolute atomic E-state index is 0.114. The average molecular weight is 388 g/mol. The third-order valence-corrected chi connectivity index (χ3v) is 4.26. The Hall–Kier alpha value is -2.93. The molecule has 0 heterocycles. The first-order valence-corrected chi connectivity index (χ1v) is 9.25. The average Bonchev–Trinajstić information content (AvgIpc) is 2.65. The first kappa shape index (κ1) is 21.4. The van der Waals surface area contributed by atoms with E-state index in [0.717, 1.165) is 11.3 Å². The Morgan fingerprint density at radius 3 is 2.39 bits per heavy atom. The maximum atomic E-state index is 13.6. The predicted molar refractivity (Wildman–Crippen MR) is 107 cm³/mol. The molecule has 6 nitrogen and oxygen atoms in total. The number of carbonyl (C=O) groups excluding carboxylic acids is 2. The fraction of sp³-hybridized carbons (Fsp3) is 0.333. The fourth-order valence-electron chi connectivity index (χ4n) is 2.87. The van der Waals surface area contributed by atoms with E-state index in [2.05, 4.69) is 10.6 Å². The molecule has 7 heteroatoms. The largest absolute Gasteiger partial charge is 0.495 e. The van der Waals surface area contributed by atoms with E-state index in [1.165, 1.54) is 13.2 Å². The second kappa shape index (κ2) is 10.4. The van der Waals surface area contributed by atoms with E-state index in [0.29, 0.717) is 29.2 Å². The summed E-state index contributed by atoms with van der Waals surface area (Å²) in [5.41, 5.74) is 1.51. The molecule has 28 heavy (non-hydrogen) atoms. The molecule has 2 aromatic carbocycles. The number of aryl methyl sites for hydroxylation is 1. The van der Waals surface area contributed by atoms with Gasteiger partial charge in [-0.15, -0.1) is 0 Å². The summed E-state index contributed by atoms with van der Waals surface area (Å²) in [4.78, 5) is 25.6. The quantitative estimate of drug-likeness (QED) is 0.615. The summed E-state index contributed by atoms with van der Waals surface area (Å²) >= 11 is 0. The van der Waals surface area contributed by atoms with Crippen molar-refractivity contribution in [3.05, 3.63) is 53.8 Å². The number of halogens is 1. The van der Waals surface area contributed by atoms with Gasteiger partial charge in [0.05, 0.1) is 19.3 Å². The van der Waals surface area contributed by atoms with E-state index in [9.17, 15) is 14.0 Å². The number of ether oxygens (including phenoxy) is 1. The normalized spacial score (nSPS) is 11.6. The summed E-state index contributed by atoms with van der Waals surface area (Å²) in [7, 11) is 1.54. The lowest BCUT2D eigenvalue weighted by Gasteiger charge is -2.18. The van der Waals surface area contributed by atoms with Gasteiger partial charge in [-0.1, -0.05) is 25.1 Å². The Kier molecular flexibility index (Phi) is 7.95. The van der Waals surface area contributed by atoms with Crippen LogP contribution in [0, 0.1) is 12.7 Å². The smallest absolute Gasteiger partial charge is 0.279 e. The van der Waals surface area contributed by atoms with Crippen LogP contribution in [0.25, 0.3) is 0 Å². The number of rotatable bonds is 9. The van der Waals surface area contributed by atoms with Gasteiger partial charge >= 0.3 is 0 Å². The molecule has 2 amide bonds. The molecule has 0 spiro atoms. The van der Waals surface area contributed by atoms with E-state index < -0.39 is 0 Å². The molecule has 3 N–H and O–H groups in total. The van der Waals surface area contributed by atoms with Crippen molar-refractivity contribution in [1.29, 1.82) is 0 Å². The van der Waals surface area contributed by atoms with E-state index >= 15 is 0 Å². The van der Waals surface area contributed by atoms with Gasteiger partial charge in [-0.2, -0.15) is 0 Å². The number of nitrogens with one attached hydrogen (secondary N) is 3. The van der Waals surface area contributed by atoms with Gasteiger partial charge in [0.25, 0.3) is 11.8 Å². The Labute approximate surface area is 164 Å². The lowest BCUT2D eigenvalue weighted by Crippen LogP contribution is -3.14. The standard InChI is InChI=1S/C21H26FN3O3/c1-4-11-25(13-20(26)23-16-10-9-15(2)17(22)12-16)14-21(27)24-18-7-5-6-8-19(18)28-3/h5-10,12H,4,11,13-14H2,1-3H3,(H,23,26)(H,24,27)/p+1. The van der Waals surface area contributed by atoms with Crippen molar-refractivity contribution in [1.82, 2.24) is 0 Å². The van der Waals surface area contributed by atoms with Gasteiger partial charge in [0, 0.05) is 5.69 Å². The summed E-state index contributed by atoms with van der Waals surface area (Å²) in [6.45, 7) is 4.57. The predicted octanol–water partition coefficient (Wildman–Crippen LogP) is 2.01. The van der Waals surface area contributed by atoms with E-state index in [4.69, 9.17) is 4.74 Å². The lowest BCUT2D eigenvalue weighted by molar-refractivity contribution is -0.883. The number of methoxy groups -OCH3 is 1. The highest BCUT2D eigenvalue weighted by Gasteiger charge is 2.19. The molecule has 0 aromatic heterocycles. The Morgan fingerprint density at radius 1 is 1.07 bits per heavy atom. The van der Waals surface area contributed by atoms with Crippen molar-refractivity contribution in [3.63, 3.8) is 0 Å². The van der Waals surface area contributed by atoms with Crippen LogP contribution in [0.15, 0.2) is 42.5 Å². The van der Waals surface area contributed by atoms with Crippen LogP contribution in [0.4, 0.5) is 15.8 Å². The van der Waals surface area contributed by atoms with Gasteiger partial charge < -0.3 is 20.3 Å². The summed E-state index contributed by atoms with van der Waals surface area (Å²) in [6.07, 6.45) is 0.823. The van der Waals surface area contributed by atoms with E-state index in [1.54, 1.807) is 31.2 Å². The summed E-state index contributed by atoms with van der Waals surface area (Å²) in [5.74, 6) is -0.266. The lowest BCUT2D eigenvalue weighted by atomic mass is 10.2. The molecule has 1 atom stereocenters. The molecular formula is C21H27FN3O3+. The Bertz CT molecular complexity index is 826. The minimum atomic E-state index is -0.369. The SMILES string of the molecule is CCC[NH+](CC(=O)Nc1ccc(C)c(F)c1)CC(=O)Nc1ccccc1OC. The van der Waals surface area contributed by atoms with Gasteiger partial charge in [-0.05, 0) is 43.2 Å². The number of amides is 2. The fourth-order valence-corrected chi connectivity index (χ4v) is 2.87. The van der Waals surface area contributed by atoms with Gasteiger partial charge in [-0.3, -0.25) is 9.59 Å². The first-order valence-electron chi connectivity index (χ1n) is 9.25. The monoisotopic (exact) mass is 388 g/mol. The highest BCUT2D eigenvalue weighted by Crippen LogP contribution is 2.22. The number of anilines is 2. The van der Waals surface area contributed by atoms with Gasteiger partial charge in [-0.25, -0.2) is 4.39 Å². The summed E-state index contributed by atoms with van der Waals surface area (Å²) in [6, 6.07) is 11.7. The molecule has 0 aliphatic heterocycles. The third kappa shape index (κ3) is 6.35. The zero-order valence-electron chi connectivity index (χ0n) is 16.5. The number of carbonyl (C=O) groups is 2. The molecule has 150 valence electrons. The molecular weight excluding hydrogens is 361 g/mol. The highest BCUT2D eigenvalue weighted by atomic mass is 19.1. The van der Waals surface area contributed by atoms with Crippen molar-refractivity contribution in [2.75, 3.05) is 37.4 Å². The third-order valence-electron chi connectivity index (χ3n) is 4.26. The van der Waals surface area contributed by atoms with Crippen LogP contribution in [0.3, 0.4) is 0 Å². The zero-order valence-corrected chi connectivity index (χ0v) is 16.5. The molecule has 0 aliphatic rings. The van der Waals surface area contributed by atoms with Crippen LogP contribution >= 0.6 is 0 Å². The van der Waals surface area contributed by atoms with Crippen LogP contribution < -0.4 is 20.3 Å². The van der Waals surface area contributed by atoms with Gasteiger partial charge in [0.15, 0.2) is 13.1 Å². The van der Waals surface area contributed by atoms with Gasteiger partial charge in [0.2, 0.25) is 0 Å². The number of para-hydroxylation sites is 2. The first-order chi connectivity index (χ1) is 13.4. The summed E-state index contributed by atoms with van der Waals surface area (Å²) < 4.78 is 18.9. The van der Waals surface area contributed by atoms with E-state index in [-0.39, 0.29) is 30.7 Å². The summed E-state index contributed by atoms with van der Waals surface area (Å²) in [5, 5.41) is 5.51. The van der Waals surface area contributed by atoms with Crippen molar-refractivity contribution in [2.24, 2.45) is 0 Å². The van der Waals surface area contributed by atoms with Crippen molar-refractivity contribution < 1.29 is 23.6 Å². The Morgan fingerprint density at radius 2 is 1.75 bits per heavy atom. The number of quaternary nitrogens is 1. The molecule has 1 unspecified atom stereocenters. The van der Waals surface area contributed by atoms with Crippen LogP contribution in [0.5, 0.6) is 5.75 Å². The van der Waals surface area contributed by atoms with Crippen molar-refractivity contribution in [2.45, 2.75) is 20.3 Å². The van der Waals surface area contributed by atoms with E-state index in [1.807, 2.05) is 19.1 Å². The molecule has 0 saturated carbocycles. The molecule has 2 aromatic rings. The molecule has 0 saturated heterocycles. The van der Waals surface area contributed by atoms with Crippen molar-refractivity contribution in [3.8, 4) is 5.75 Å². The second-order valence-electron chi connectivity index (χ2n) is 6.61. The second-order valence-corrected chi connectivity index (χ2v) is 6.61. The molecule has 0 bridgehead atoms. The van der Waals surface area contributed by atoms with Crippen LogP contribution in [-0.2, 0) is 9.59 Å². The van der Waals surface area contributed by atoms with Crippen LogP contribution in [0.2, 0.25) is 0 Å². The van der Waals surface area contributed by atoms with Gasteiger partial charge in [0.1, 0.15) is 11.6 Å². The number of hydrogen-bond donors (Lipinski definition) is 3. The molecule has 2 rings (SSSR count). The molecule has 0 aliphatic carbocycles. The van der Waals surface area contributed by atoms with Crippen molar-refractivity contribution >= 4 is 23.2 Å². The molecule has 0 radical (unpaired) electrons. The maximum Gasteiger partial charge on any atom is 0.279 e. The number of hydrogen-bond acceptors (Lipinski definition) is 3. The minimum Gasteiger partial charge on any atom is -0.495 e. The number of benzene rings is 2. The zero-order chi connectivity index (χ0) is 20.5. The van der Waals surface area contributed by atoms with Crippen LogP contribution in [0.1, 0.15) is 18.9 Å². The maximum absolute atomic E-state index is 13.6. The topological polar surface area (TPSA) is 71.9 Å². The molecule has 0 fully saturated rings.